The highest BCUT2D eigenvalue weighted by atomic mass is 35.5. The van der Waals surface area contributed by atoms with E-state index < -0.39 is 11.4 Å². The van der Waals surface area contributed by atoms with Gasteiger partial charge in [0.2, 0.25) is 0 Å². The Balaban J connectivity index is 3.26. The molecular formula is C11H12Cl2O3. The first-order valence-corrected chi connectivity index (χ1v) is 5.35. The molecule has 3 nitrogen and oxygen atoms in total. The van der Waals surface area contributed by atoms with Crippen LogP contribution >= 0.6 is 23.2 Å². The molecule has 0 amide bonds. The number of hydrogen-bond acceptors (Lipinski definition) is 2. The van der Waals surface area contributed by atoms with E-state index in [1.807, 2.05) is 0 Å². The zero-order chi connectivity index (χ0) is 12.3. The van der Waals surface area contributed by atoms with Crippen molar-refractivity contribution in [2.24, 2.45) is 0 Å². The van der Waals surface area contributed by atoms with Gasteiger partial charge in [0.25, 0.3) is 0 Å². The number of benzene rings is 1. The number of ether oxygens (including phenoxy) is 1. The maximum Gasteiger partial charge on any atom is 0.316 e. The third kappa shape index (κ3) is 2.48. The zero-order valence-electron chi connectivity index (χ0n) is 8.96. The van der Waals surface area contributed by atoms with E-state index in [0.29, 0.717) is 15.6 Å². The van der Waals surface area contributed by atoms with Crippen LogP contribution in [0.5, 0.6) is 0 Å². The second-order valence-electron chi connectivity index (χ2n) is 3.69. The Kier molecular flexibility index (Phi) is 4.19. The van der Waals surface area contributed by atoms with Gasteiger partial charge in [-0.2, -0.15) is 0 Å². The lowest BCUT2D eigenvalue weighted by atomic mass is 9.83. The standard InChI is InChI=1S/C11H12Cl2O3/c1-11(6-16-2,10(14)15)8-4-3-7(12)5-9(8)13/h3-5H,6H2,1-2H3,(H,14,15). The van der Waals surface area contributed by atoms with Crippen molar-refractivity contribution in [3.8, 4) is 0 Å². The summed E-state index contributed by atoms with van der Waals surface area (Å²) in [5.74, 6) is -0.987. The highest BCUT2D eigenvalue weighted by Gasteiger charge is 2.37. The molecule has 0 saturated heterocycles. The second-order valence-corrected chi connectivity index (χ2v) is 4.54. The van der Waals surface area contributed by atoms with E-state index in [2.05, 4.69) is 0 Å². The topological polar surface area (TPSA) is 46.5 Å². The number of halogens is 2. The molecule has 0 aromatic heterocycles. The Morgan fingerprint density at radius 3 is 2.56 bits per heavy atom. The summed E-state index contributed by atoms with van der Waals surface area (Å²) in [5.41, 5.74) is -0.677. The van der Waals surface area contributed by atoms with Gasteiger partial charge in [-0.3, -0.25) is 4.79 Å². The van der Waals surface area contributed by atoms with Gasteiger partial charge in [0.1, 0.15) is 5.41 Å². The van der Waals surface area contributed by atoms with Gasteiger partial charge in [-0.05, 0) is 24.6 Å². The van der Waals surface area contributed by atoms with Crippen LogP contribution in [0.3, 0.4) is 0 Å². The van der Waals surface area contributed by atoms with E-state index in [1.54, 1.807) is 19.1 Å². The molecule has 0 bridgehead atoms. The van der Waals surface area contributed by atoms with E-state index >= 15 is 0 Å². The van der Waals surface area contributed by atoms with Crippen LogP contribution in [0.1, 0.15) is 12.5 Å². The van der Waals surface area contributed by atoms with Crippen LogP contribution in [-0.2, 0) is 14.9 Å². The van der Waals surface area contributed by atoms with Crippen LogP contribution in [0.25, 0.3) is 0 Å². The van der Waals surface area contributed by atoms with Crippen molar-refractivity contribution in [1.82, 2.24) is 0 Å². The molecule has 88 valence electrons. The quantitative estimate of drug-likeness (QED) is 0.908. The monoisotopic (exact) mass is 262 g/mol. The van der Waals surface area contributed by atoms with Crippen LogP contribution in [0, 0.1) is 0 Å². The average Bonchev–Trinajstić information content (AvgIpc) is 2.17. The molecule has 5 heteroatoms. The molecule has 0 aliphatic carbocycles. The summed E-state index contributed by atoms with van der Waals surface area (Å²) in [6.45, 7) is 1.61. The SMILES string of the molecule is COCC(C)(C(=O)O)c1ccc(Cl)cc1Cl. The molecule has 1 aromatic rings. The van der Waals surface area contributed by atoms with Crippen LogP contribution in [-0.4, -0.2) is 24.8 Å². The Bertz CT molecular complexity index is 406. The van der Waals surface area contributed by atoms with Crippen LogP contribution in [0.2, 0.25) is 10.0 Å². The summed E-state index contributed by atoms with van der Waals surface area (Å²) >= 11 is 11.8. The first-order chi connectivity index (χ1) is 7.41. The predicted molar refractivity (Wildman–Crippen MR) is 63.3 cm³/mol. The van der Waals surface area contributed by atoms with Crippen molar-refractivity contribution >= 4 is 29.2 Å². The molecule has 0 radical (unpaired) electrons. The van der Waals surface area contributed by atoms with Gasteiger partial charge in [0, 0.05) is 17.2 Å². The molecule has 1 atom stereocenters. The number of carbonyl (C=O) groups is 1. The zero-order valence-corrected chi connectivity index (χ0v) is 10.5. The summed E-state index contributed by atoms with van der Waals surface area (Å²) in [6.07, 6.45) is 0. The third-order valence-electron chi connectivity index (χ3n) is 2.43. The van der Waals surface area contributed by atoms with E-state index in [9.17, 15) is 9.90 Å². The minimum absolute atomic E-state index is 0.0453. The summed E-state index contributed by atoms with van der Waals surface area (Å²) in [5, 5.41) is 10.0. The Labute approximate surface area is 104 Å². The molecule has 1 N–H and O–H groups in total. The summed E-state index contributed by atoms with van der Waals surface area (Å²) in [6, 6.07) is 4.74. The number of methoxy groups -OCH3 is 1. The lowest BCUT2D eigenvalue weighted by Gasteiger charge is -2.25. The number of carboxylic acid groups (broad SMARTS) is 1. The fourth-order valence-electron chi connectivity index (χ4n) is 1.48. The van der Waals surface area contributed by atoms with Crippen molar-refractivity contribution in [3.05, 3.63) is 33.8 Å². The molecule has 0 spiro atoms. The van der Waals surface area contributed by atoms with Gasteiger partial charge < -0.3 is 9.84 Å². The van der Waals surface area contributed by atoms with Gasteiger partial charge in [0.05, 0.1) is 6.61 Å². The maximum absolute atomic E-state index is 11.3. The average molecular weight is 263 g/mol. The summed E-state index contributed by atoms with van der Waals surface area (Å²) in [7, 11) is 1.45. The van der Waals surface area contributed by atoms with E-state index in [1.165, 1.54) is 13.2 Å². The van der Waals surface area contributed by atoms with Gasteiger partial charge in [-0.1, -0.05) is 29.3 Å². The van der Waals surface area contributed by atoms with Crippen LogP contribution in [0.15, 0.2) is 18.2 Å². The highest BCUT2D eigenvalue weighted by Crippen LogP contribution is 2.32. The van der Waals surface area contributed by atoms with Gasteiger partial charge >= 0.3 is 5.97 Å². The Morgan fingerprint density at radius 2 is 2.12 bits per heavy atom. The Hall–Kier alpha value is -0.770. The highest BCUT2D eigenvalue weighted by molar-refractivity contribution is 6.35. The molecule has 1 rings (SSSR count). The van der Waals surface area contributed by atoms with Gasteiger partial charge in [0.15, 0.2) is 0 Å². The van der Waals surface area contributed by atoms with Crippen molar-refractivity contribution in [2.45, 2.75) is 12.3 Å². The first-order valence-electron chi connectivity index (χ1n) is 4.59. The van der Waals surface area contributed by atoms with E-state index in [-0.39, 0.29) is 6.61 Å². The summed E-state index contributed by atoms with van der Waals surface area (Å²) in [4.78, 5) is 11.3. The third-order valence-corrected chi connectivity index (χ3v) is 2.98. The molecule has 16 heavy (non-hydrogen) atoms. The lowest BCUT2D eigenvalue weighted by Crippen LogP contribution is -2.37. The molecule has 1 unspecified atom stereocenters. The Morgan fingerprint density at radius 1 is 1.50 bits per heavy atom. The minimum atomic E-state index is -1.17. The normalized spacial score (nSPS) is 14.5. The molecule has 1 aromatic carbocycles. The van der Waals surface area contributed by atoms with Crippen LogP contribution in [0.4, 0.5) is 0 Å². The van der Waals surface area contributed by atoms with Gasteiger partial charge in [-0.25, -0.2) is 0 Å². The van der Waals surface area contributed by atoms with Crippen molar-refractivity contribution in [3.63, 3.8) is 0 Å². The minimum Gasteiger partial charge on any atom is -0.481 e. The first kappa shape index (κ1) is 13.3. The number of carboxylic acids is 1. The summed E-state index contributed by atoms with van der Waals surface area (Å²) < 4.78 is 4.94. The number of rotatable bonds is 4. The lowest BCUT2D eigenvalue weighted by molar-refractivity contribution is -0.145. The fraction of sp³-hybridized carbons (Fsp3) is 0.364. The van der Waals surface area contributed by atoms with Crippen LogP contribution < -0.4 is 0 Å². The molecule has 0 aliphatic heterocycles. The smallest absolute Gasteiger partial charge is 0.316 e. The second kappa shape index (κ2) is 5.04. The van der Waals surface area contributed by atoms with Gasteiger partial charge in [-0.15, -0.1) is 0 Å². The van der Waals surface area contributed by atoms with E-state index in [4.69, 9.17) is 27.9 Å². The predicted octanol–water partition coefficient (Wildman–Crippen LogP) is 2.98. The molecule has 0 heterocycles. The van der Waals surface area contributed by atoms with Crippen molar-refractivity contribution < 1.29 is 14.6 Å². The largest absolute Gasteiger partial charge is 0.481 e. The molecule has 0 saturated carbocycles. The van der Waals surface area contributed by atoms with E-state index in [0.717, 1.165) is 0 Å². The fourth-order valence-corrected chi connectivity index (χ4v) is 2.10. The van der Waals surface area contributed by atoms with Crippen molar-refractivity contribution in [1.29, 1.82) is 0 Å². The maximum atomic E-state index is 11.3. The number of aliphatic carboxylic acids is 1. The number of hydrogen-bond donors (Lipinski definition) is 1. The van der Waals surface area contributed by atoms with Crippen molar-refractivity contribution in [2.75, 3.05) is 13.7 Å². The molecule has 0 fully saturated rings. The molecule has 0 aliphatic rings. The molecular weight excluding hydrogens is 251 g/mol.